The van der Waals surface area contributed by atoms with Crippen LogP contribution in [-0.2, 0) is 9.53 Å². The van der Waals surface area contributed by atoms with Gasteiger partial charge in [-0.2, -0.15) is 0 Å². The summed E-state index contributed by atoms with van der Waals surface area (Å²) in [6.45, 7) is 2.26. The monoisotopic (exact) mass is 295 g/mol. The first kappa shape index (κ1) is 16.9. The van der Waals surface area contributed by atoms with E-state index in [0.717, 1.165) is 5.56 Å². The highest BCUT2D eigenvalue weighted by atomic mass is 16.5. The molecule has 0 bridgehead atoms. The molecule has 7 heteroatoms. The lowest BCUT2D eigenvalue weighted by Gasteiger charge is -2.18. The second kappa shape index (κ2) is 8.91. The van der Waals surface area contributed by atoms with Crippen LogP contribution in [-0.4, -0.2) is 41.8 Å². The summed E-state index contributed by atoms with van der Waals surface area (Å²) in [5.41, 5.74) is 0.846. The fraction of sp³-hybridized carbons (Fsp3) is 0.500. The first-order valence-electron chi connectivity index (χ1n) is 6.73. The molecule has 0 aliphatic heterocycles. The minimum absolute atomic E-state index is 0.257. The molecular weight excluding hydrogens is 274 g/mol. The van der Waals surface area contributed by atoms with Gasteiger partial charge in [0.15, 0.2) is 0 Å². The number of carbonyl (C=O) groups excluding carboxylic acids is 1. The van der Waals surface area contributed by atoms with E-state index >= 15 is 0 Å². The van der Waals surface area contributed by atoms with Gasteiger partial charge in [0.25, 0.3) is 0 Å². The second-order valence-corrected chi connectivity index (χ2v) is 4.65. The van der Waals surface area contributed by atoms with Gasteiger partial charge in [-0.05, 0) is 31.4 Å². The Kier molecular flexibility index (Phi) is 7.17. The Labute approximate surface area is 123 Å². The lowest BCUT2D eigenvalue weighted by Crippen LogP contribution is -2.46. The molecule has 0 spiro atoms. The molecule has 2 amide bonds. The summed E-state index contributed by atoms with van der Waals surface area (Å²) in [4.78, 5) is 26.9. The van der Waals surface area contributed by atoms with E-state index in [9.17, 15) is 9.59 Å². The Hall–Kier alpha value is -2.15. The number of ether oxygens (including phenoxy) is 1. The van der Waals surface area contributed by atoms with E-state index in [1.54, 1.807) is 32.5 Å². The van der Waals surface area contributed by atoms with E-state index in [1.165, 1.54) is 0 Å². The topological polar surface area (TPSA) is 101 Å². The number of nitrogens with zero attached hydrogens (tertiary/aromatic N) is 1. The van der Waals surface area contributed by atoms with Gasteiger partial charge in [-0.1, -0.05) is 6.07 Å². The summed E-state index contributed by atoms with van der Waals surface area (Å²) >= 11 is 0. The van der Waals surface area contributed by atoms with Crippen LogP contribution in [0.3, 0.4) is 0 Å². The fourth-order valence-corrected chi connectivity index (χ4v) is 1.80. The van der Waals surface area contributed by atoms with Crippen LogP contribution < -0.4 is 10.6 Å². The standard InChI is InChI=1S/C14H21N3O4/c1-10(11-5-3-7-15-9-11)16-14(20)17-12(13(18)19)6-4-8-21-2/h3,5,7,9-10,12H,4,6,8H2,1-2H3,(H,18,19)(H2,16,17,20). The molecule has 7 nitrogen and oxygen atoms in total. The summed E-state index contributed by atoms with van der Waals surface area (Å²) in [5, 5.41) is 14.2. The van der Waals surface area contributed by atoms with Crippen LogP contribution in [0.15, 0.2) is 24.5 Å². The number of rotatable bonds is 8. The summed E-state index contributed by atoms with van der Waals surface area (Å²) in [6.07, 6.45) is 4.18. The van der Waals surface area contributed by atoms with Crippen LogP contribution in [0.2, 0.25) is 0 Å². The van der Waals surface area contributed by atoms with E-state index < -0.39 is 18.0 Å². The molecule has 0 radical (unpaired) electrons. The molecule has 1 aromatic rings. The van der Waals surface area contributed by atoms with Crippen LogP contribution in [0.25, 0.3) is 0 Å². The molecule has 0 aromatic carbocycles. The van der Waals surface area contributed by atoms with Crippen molar-refractivity contribution in [1.29, 1.82) is 0 Å². The molecule has 1 rings (SSSR count). The number of aromatic nitrogens is 1. The number of carbonyl (C=O) groups is 2. The van der Waals surface area contributed by atoms with Crippen LogP contribution in [0.1, 0.15) is 31.4 Å². The Balaban J connectivity index is 2.48. The SMILES string of the molecule is COCCCC(NC(=O)NC(C)c1cccnc1)C(=O)O. The van der Waals surface area contributed by atoms with E-state index in [0.29, 0.717) is 19.4 Å². The van der Waals surface area contributed by atoms with Gasteiger partial charge >= 0.3 is 12.0 Å². The maximum atomic E-state index is 11.8. The van der Waals surface area contributed by atoms with Gasteiger partial charge in [0.1, 0.15) is 6.04 Å². The number of hydrogen-bond acceptors (Lipinski definition) is 4. The number of hydrogen-bond donors (Lipinski definition) is 3. The average Bonchev–Trinajstić information content (AvgIpc) is 2.47. The number of urea groups is 1. The zero-order chi connectivity index (χ0) is 15.7. The van der Waals surface area contributed by atoms with Crippen molar-refractivity contribution in [3.63, 3.8) is 0 Å². The highest BCUT2D eigenvalue weighted by molar-refractivity contribution is 5.82. The van der Waals surface area contributed by atoms with Gasteiger partial charge in [-0.25, -0.2) is 9.59 Å². The maximum Gasteiger partial charge on any atom is 0.326 e. The lowest BCUT2D eigenvalue weighted by molar-refractivity contribution is -0.139. The predicted molar refractivity (Wildman–Crippen MR) is 76.9 cm³/mol. The third-order valence-corrected chi connectivity index (χ3v) is 2.98. The molecule has 0 saturated heterocycles. The number of aliphatic carboxylic acids is 1. The number of nitrogens with one attached hydrogen (secondary N) is 2. The molecule has 2 unspecified atom stereocenters. The van der Waals surface area contributed by atoms with E-state index in [2.05, 4.69) is 15.6 Å². The van der Waals surface area contributed by atoms with Gasteiger partial charge in [-0.15, -0.1) is 0 Å². The smallest absolute Gasteiger partial charge is 0.326 e. The zero-order valence-corrected chi connectivity index (χ0v) is 12.2. The van der Waals surface area contributed by atoms with Crippen molar-refractivity contribution in [2.75, 3.05) is 13.7 Å². The molecule has 0 fully saturated rings. The zero-order valence-electron chi connectivity index (χ0n) is 12.2. The normalized spacial score (nSPS) is 13.2. The number of carboxylic acids is 1. The van der Waals surface area contributed by atoms with Gasteiger partial charge in [-0.3, -0.25) is 4.98 Å². The van der Waals surface area contributed by atoms with Crippen molar-refractivity contribution >= 4 is 12.0 Å². The molecule has 1 aromatic heterocycles. The molecule has 21 heavy (non-hydrogen) atoms. The van der Waals surface area contributed by atoms with Gasteiger partial charge < -0.3 is 20.5 Å². The van der Waals surface area contributed by atoms with Crippen molar-refractivity contribution < 1.29 is 19.4 Å². The molecule has 3 N–H and O–H groups in total. The number of pyridine rings is 1. The highest BCUT2D eigenvalue weighted by Gasteiger charge is 2.20. The van der Waals surface area contributed by atoms with Crippen molar-refractivity contribution in [1.82, 2.24) is 15.6 Å². The van der Waals surface area contributed by atoms with Crippen LogP contribution >= 0.6 is 0 Å². The number of amides is 2. The van der Waals surface area contributed by atoms with Crippen molar-refractivity contribution in [2.45, 2.75) is 31.8 Å². The third kappa shape index (κ3) is 6.22. The Bertz CT molecular complexity index is 453. The maximum absolute atomic E-state index is 11.8. The second-order valence-electron chi connectivity index (χ2n) is 4.65. The van der Waals surface area contributed by atoms with Crippen LogP contribution in [0.5, 0.6) is 0 Å². The molecule has 2 atom stereocenters. The quantitative estimate of drug-likeness (QED) is 0.628. The molecule has 0 aliphatic carbocycles. The van der Waals surface area contributed by atoms with Crippen LogP contribution in [0, 0.1) is 0 Å². The first-order valence-corrected chi connectivity index (χ1v) is 6.73. The number of methoxy groups -OCH3 is 1. The van der Waals surface area contributed by atoms with Gasteiger partial charge in [0, 0.05) is 26.1 Å². The average molecular weight is 295 g/mol. The van der Waals surface area contributed by atoms with Crippen molar-refractivity contribution in [3.05, 3.63) is 30.1 Å². The number of carboxylic acid groups (broad SMARTS) is 1. The van der Waals surface area contributed by atoms with E-state index in [-0.39, 0.29) is 6.04 Å². The van der Waals surface area contributed by atoms with E-state index in [4.69, 9.17) is 9.84 Å². The fourth-order valence-electron chi connectivity index (χ4n) is 1.80. The third-order valence-electron chi connectivity index (χ3n) is 2.98. The van der Waals surface area contributed by atoms with Crippen molar-refractivity contribution in [3.8, 4) is 0 Å². The molecule has 1 heterocycles. The lowest BCUT2D eigenvalue weighted by atomic mass is 10.1. The predicted octanol–water partition coefficient (Wildman–Crippen LogP) is 1.32. The van der Waals surface area contributed by atoms with Crippen molar-refractivity contribution in [2.24, 2.45) is 0 Å². The minimum Gasteiger partial charge on any atom is -0.480 e. The first-order chi connectivity index (χ1) is 10.0. The molecule has 0 aliphatic rings. The van der Waals surface area contributed by atoms with Gasteiger partial charge in [0.05, 0.1) is 6.04 Å². The Morgan fingerprint density at radius 2 is 2.19 bits per heavy atom. The summed E-state index contributed by atoms with van der Waals surface area (Å²) in [7, 11) is 1.55. The summed E-state index contributed by atoms with van der Waals surface area (Å²) < 4.78 is 4.87. The van der Waals surface area contributed by atoms with E-state index in [1.807, 2.05) is 6.07 Å². The Morgan fingerprint density at radius 1 is 1.43 bits per heavy atom. The molecular formula is C14H21N3O4. The largest absolute Gasteiger partial charge is 0.480 e. The minimum atomic E-state index is -1.06. The van der Waals surface area contributed by atoms with Crippen LogP contribution in [0.4, 0.5) is 4.79 Å². The summed E-state index contributed by atoms with van der Waals surface area (Å²) in [5.74, 6) is -1.06. The highest BCUT2D eigenvalue weighted by Crippen LogP contribution is 2.09. The molecule has 0 saturated carbocycles. The summed E-state index contributed by atoms with van der Waals surface area (Å²) in [6, 6.07) is 1.91. The van der Waals surface area contributed by atoms with Gasteiger partial charge in [0.2, 0.25) is 0 Å². The Morgan fingerprint density at radius 3 is 2.76 bits per heavy atom. The molecule has 116 valence electrons.